The van der Waals surface area contributed by atoms with Crippen molar-refractivity contribution in [2.24, 2.45) is 5.73 Å². The molecule has 2 aromatic rings. The van der Waals surface area contributed by atoms with Gasteiger partial charge in [-0.1, -0.05) is 18.2 Å². The molecule has 4 heteroatoms. The molecule has 0 heterocycles. The molecule has 0 aromatic heterocycles. The summed E-state index contributed by atoms with van der Waals surface area (Å²) in [5, 5.41) is 0. The van der Waals surface area contributed by atoms with E-state index in [1.807, 2.05) is 6.92 Å². The third kappa shape index (κ3) is 3.19. The highest BCUT2D eigenvalue weighted by Gasteiger charge is 2.14. The van der Waals surface area contributed by atoms with Crippen LogP contribution in [0.1, 0.15) is 22.7 Å². The number of aryl methyl sites for hydroxylation is 1. The van der Waals surface area contributed by atoms with Gasteiger partial charge in [0.25, 0.3) is 0 Å². The Labute approximate surface area is 119 Å². The number of hydrogen-bond acceptors (Lipinski definition) is 1. The quantitative estimate of drug-likeness (QED) is 0.895. The van der Waals surface area contributed by atoms with Gasteiger partial charge >= 0.3 is 0 Å². The molecule has 0 saturated heterocycles. The summed E-state index contributed by atoms with van der Waals surface area (Å²) in [6, 6.07) is 9.07. The van der Waals surface area contributed by atoms with Crippen LogP contribution in [0.2, 0.25) is 0 Å². The van der Waals surface area contributed by atoms with E-state index < -0.39 is 0 Å². The second-order valence-electron chi connectivity index (χ2n) is 4.52. The molecular formula is C15H14BrF2N. The Morgan fingerprint density at radius 3 is 2.63 bits per heavy atom. The van der Waals surface area contributed by atoms with Gasteiger partial charge in [0, 0.05) is 6.04 Å². The Bertz CT molecular complexity index is 599. The van der Waals surface area contributed by atoms with Crippen molar-refractivity contribution >= 4 is 15.9 Å². The minimum atomic E-state index is -0.339. The summed E-state index contributed by atoms with van der Waals surface area (Å²) >= 11 is 3.21. The van der Waals surface area contributed by atoms with E-state index in [9.17, 15) is 8.78 Å². The average molecular weight is 326 g/mol. The van der Waals surface area contributed by atoms with Crippen LogP contribution in [0, 0.1) is 18.6 Å². The van der Waals surface area contributed by atoms with Crippen molar-refractivity contribution in [3.05, 3.63) is 69.2 Å². The highest BCUT2D eigenvalue weighted by molar-refractivity contribution is 9.10. The maximum atomic E-state index is 13.5. The summed E-state index contributed by atoms with van der Waals surface area (Å²) < 4.78 is 26.9. The van der Waals surface area contributed by atoms with Crippen LogP contribution in [0.15, 0.2) is 40.9 Å². The molecule has 0 fully saturated rings. The molecule has 19 heavy (non-hydrogen) atoms. The first kappa shape index (κ1) is 14.2. The monoisotopic (exact) mass is 325 g/mol. The van der Waals surface area contributed by atoms with Gasteiger partial charge < -0.3 is 5.73 Å². The SMILES string of the molecule is Cc1cc(F)ccc1CC(N)c1cccc(F)c1Br. The van der Waals surface area contributed by atoms with E-state index in [2.05, 4.69) is 15.9 Å². The molecular weight excluding hydrogens is 312 g/mol. The third-order valence-electron chi connectivity index (χ3n) is 3.13. The van der Waals surface area contributed by atoms with E-state index in [0.717, 1.165) is 11.1 Å². The summed E-state index contributed by atoms with van der Waals surface area (Å²) in [6.45, 7) is 1.84. The number of hydrogen-bond donors (Lipinski definition) is 1. The first-order chi connectivity index (χ1) is 8.99. The maximum absolute atomic E-state index is 13.5. The zero-order valence-corrected chi connectivity index (χ0v) is 12.0. The van der Waals surface area contributed by atoms with Gasteiger partial charge in [-0.2, -0.15) is 0 Å². The molecule has 0 radical (unpaired) electrons. The van der Waals surface area contributed by atoms with Crippen LogP contribution in [0.5, 0.6) is 0 Å². The fourth-order valence-corrected chi connectivity index (χ4v) is 2.60. The summed E-state index contributed by atoms with van der Waals surface area (Å²) in [4.78, 5) is 0. The standard InChI is InChI=1S/C15H14BrF2N/c1-9-7-11(17)6-5-10(9)8-14(19)12-3-2-4-13(18)15(12)16/h2-7,14H,8,19H2,1H3. The fourth-order valence-electron chi connectivity index (χ4n) is 2.04. The molecule has 0 aliphatic carbocycles. The molecule has 0 spiro atoms. The van der Waals surface area contributed by atoms with Crippen LogP contribution < -0.4 is 5.73 Å². The summed E-state index contributed by atoms with van der Waals surface area (Å²) in [5.41, 5.74) is 8.64. The van der Waals surface area contributed by atoms with Gasteiger partial charge in [-0.15, -0.1) is 0 Å². The van der Waals surface area contributed by atoms with Crippen LogP contribution >= 0.6 is 15.9 Å². The molecule has 2 rings (SSSR count). The van der Waals surface area contributed by atoms with Crippen LogP contribution in [0.3, 0.4) is 0 Å². The topological polar surface area (TPSA) is 26.0 Å². The van der Waals surface area contributed by atoms with E-state index in [0.29, 0.717) is 16.5 Å². The summed E-state index contributed by atoms with van der Waals surface area (Å²) in [6.07, 6.45) is 0.536. The highest BCUT2D eigenvalue weighted by atomic mass is 79.9. The molecule has 0 aliphatic heterocycles. The average Bonchev–Trinajstić information content (AvgIpc) is 2.36. The third-order valence-corrected chi connectivity index (χ3v) is 3.96. The van der Waals surface area contributed by atoms with Gasteiger partial charge in [-0.25, -0.2) is 8.78 Å². The first-order valence-electron chi connectivity index (χ1n) is 5.93. The lowest BCUT2D eigenvalue weighted by Gasteiger charge is -2.15. The van der Waals surface area contributed by atoms with Crippen LogP contribution in [-0.2, 0) is 6.42 Å². The Morgan fingerprint density at radius 2 is 1.95 bits per heavy atom. The smallest absolute Gasteiger partial charge is 0.137 e. The van der Waals surface area contributed by atoms with E-state index in [1.54, 1.807) is 18.2 Å². The lowest BCUT2D eigenvalue weighted by atomic mass is 9.96. The second-order valence-corrected chi connectivity index (χ2v) is 5.32. The first-order valence-corrected chi connectivity index (χ1v) is 6.73. The van der Waals surface area contributed by atoms with Crippen molar-refractivity contribution in [3.63, 3.8) is 0 Å². The van der Waals surface area contributed by atoms with Gasteiger partial charge in [0.2, 0.25) is 0 Å². The van der Waals surface area contributed by atoms with Crippen molar-refractivity contribution < 1.29 is 8.78 Å². The molecule has 0 aliphatic rings. The van der Waals surface area contributed by atoms with Crippen LogP contribution in [-0.4, -0.2) is 0 Å². The minimum Gasteiger partial charge on any atom is -0.324 e. The van der Waals surface area contributed by atoms with Crippen molar-refractivity contribution in [1.82, 2.24) is 0 Å². The van der Waals surface area contributed by atoms with Gasteiger partial charge in [0.15, 0.2) is 0 Å². The van der Waals surface area contributed by atoms with Crippen molar-refractivity contribution in [2.75, 3.05) is 0 Å². The van der Waals surface area contributed by atoms with Gasteiger partial charge in [0.05, 0.1) is 4.47 Å². The Hall–Kier alpha value is -1.26. The van der Waals surface area contributed by atoms with E-state index in [-0.39, 0.29) is 17.7 Å². The van der Waals surface area contributed by atoms with E-state index in [1.165, 1.54) is 18.2 Å². The molecule has 1 atom stereocenters. The lowest BCUT2D eigenvalue weighted by Crippen LogP contribution is -2.15. The minimum absolute atomic E-state index is 0.262. The summed E-state index contributed by atoms with van der Waals surface area (Å²) in [5.74, 6) is -0.592. The number of halogens is 3. The Kier molecular flexibility index (Phi) is 4.32. The predicted molar refractivity (Wildman–Crippen MR) is 75.9 cm³/mol. The maximum Gasteiger partial charge on any atom is 0.137 e. The predicted octanol–water partition coefficient (Wildman–Crippen LogP) is 4.28. The van der Waals surface area contributed by atoms with Crippen molar-refractivity contribution in [2.45, 2.75) is 19.4 Å². The molecule has 0 bridgehead atoms. The van der Waals surface area contributed by atoms with E-state index >= 15 is 0 Å². The van der Waals surface area contributed by atoms with E-state index in [4.69, 9.17) is 5.73 Å². The largest absolute Gasteiger partial charge is 0.324 e. The Morgan fingerprint density at radius 1 is 1.21 bits per heavy atom. The molecule has 0 amide bonds. The molecule has 2 N–H and O–H groups in total. The summed E-state index contributed by atoms with van der Waals surface area (Å²) in [7, 11) is 0. The lowest BCUT2D eigenvalue weighted by molar-refractivity contribution is 0.609. The zero-order chi connectivity index (χ0) is 14.0. The zero-order valence-electron chi connectivity index (χ0n) is 10.5. The normalized spacial score (nSPS) is 12.5. The molecule has 1 unspecified atom stereocenters. The molecule has 0 saturated carbocycles. The molecule has 1 nitrogen and oxygen atoms in total. The van der Waals surface area contributed by atoms with Crippen molar-refractivity contribution in [1.29, 1.82) is 0 Å². The Balaban J connectivity index is 2.25. The van der Waals surface area contributed by atoms with Crippen LogP contribution in [0.4, 0.5) is 8.78 Å². The van der Waals surface area contributed by atoms with Crippen LogP contribution in [0.25, 0.3) is 0 Å². The number of rotatable bonds is 3. The van der Waals surface area contributed by atoms with Crippen molar-refractivity contribution in [3.8, 4) is 0 Å². The number of benzene rings is 2. The number of nitrogens with two attached hydrogens (primary N) is 1. The molecule has 100 valence electrons. The van der Waals surface area contributed by atoms with Gasteiger partial charge in [0.1, 0.15) is 11.6 Å². The second kappa shape index (κ2) is 5.80. The molecule has 2 aromatic carbocycles. The van der Waals surface area contributed by atoms with Gasteiger partial charge in [-0.05, 0) is 64.2 Å². The fraction of sp³-hybridized carbons (Fsp3) is 0.200. The highest BCUT2D eigenvalue weighted by Crippen LogP contribution is 2.27. The van der Waals surface area contributed by atoms with Gasteiger partial charge in [-0.3, -0.25) is 0 Å².